The second-order valence-electron chi connectivity index (χ2n) is 7.55. The molecular formula is C22H43NO3. The minimum Gasteiger partial charge on any atom is -0.481 e. The summed E-state index contributed by atoms with van der Waals surface area (Å²) in [6.45, 7) is 3.03. The van der Waals surface area contributed by atoms with Crippen molar-refractivity contribution in [3.63, 3.8) is 0 Å². The highest BCUT2D eigenvalue weighted by Gasteiger charge is 2.02. The minimum atomic E-state index is -0.784. The molecule has 0 aliphatic carbocycles. The largest absolute Gasteiger partial charge is 0.481 e. The lowest BCUT2D eigenvalue weighted by atomic mass is 10.0. The summed E-state index contributed by atoms with van der Waals surface area (Å²) in [5, 5.41) is 11.5. The fourth-order valence-electron chi connectivity index (χ4n) is 3.20. The quantitative estimate of drug-likeness (QED) is 0.250. The highest BCUT2D eigenvalue weighted by molar-refractivity contribution is 5.75. The van der Waals surface area contributed by atoms with Gasteiger partial charge in [0.1, 0.15) is 0 Å². The lowest BCUT2D eigenvalue weighted by Crippen LogP contribution is -2.24. The van der Waals surface area contributed by atoms with Gasteiger partial charge in [-0.15, -0.1) is 0 Å². The van der Waals surface area contributed by atoms with E-state index in [4.69, 9.17) is 5.11 Å². The number of carbonyl (C=O) groups excluding carboxylic acids is 1. The number of unbranched alkanes of at least 4 members (excludes halogenated alkanes) is 14. The van der Waals surface area contributed by atoms with E-state index in [-0.39, 0.29) is 12.3 Å². The monoisotopic (exact) mass is 369 g/mol. The van der Waals surface area contributed by atoms with E-state index in [2.05, 4.69) is 12.2 Å². The minimum absolute atomic E-state index is 0.0603. The molecule has 0 rings (SSSR count). The molecule has 4 nitrogen and oxygen atoms in total. The van der Waals surface area contributed by atoms with Crippen LogP contribution in [0, 0.1) is 0 Å². The third-order valence-corrected chi connectivity index (χ3v) is 4.90. The summed E-state index contributed by atoms with van der Waals surface area (Å²) in [5.41, 5.74) is 0. The van der Waals surface area contributed by atoms with Gasteiger partial charge in [0.25, 0.3) is 0 Å². The average molecular weight is 370 g/mol. The summed E-state index contributed by atoms with van der Waals surface area (Å²) in [5.74, 6) is -0.724. The number of rotatable bonds is 20. The Bertz CT molecular complexity index is 331. The number of hydrogen-bond donors (Lipinski definition) is 2. The van der Waals surface area contributed by atoms with Crippen LogP contribution in [0.15, 0.2) is 0 Å². The van der Waals surface area contributed by atoms with Gasteiger partial charge >= 0.3 is 5.97 Å². The molecule has 1 amide bonds. The molecule has 0 radical (unpaired) electrons. The standard InChI is InChI=1S/C22H43NO3/c1-2-3-4-5-6-7-8-9-10-11-12-13-14-17-20-23-21(24)18-15-16-19-22(25)26/h2-20H2,1H3,(H,23,24)(H,25,26). The average Bonchev–Trinajstić information content (AvgIpc) is 2.62. The Kier molecular flexibility index (Phi) is 19.4. The van der Waals surface area contributed by atoms with Crippen molar-refractivity contribution in [3.8, 4) is 0 Å². The van der Waals surface area contributed by atoms with Gasteiger partial charge in [0.2, 0.25) is 5.91 Å². The first kappa shape index (κ1) is 24.9. The van der Waals surface area contributed by atoms with E-state index in [1.165, 1.54) is 83.5 Å². The van der Waals surface area contributed by atoms with Gasteiger partial charge in [-0.25, -0.2) is 0 Å². The first-order chi connectivity index (χ1) is 12.7. The van der Waals surface area contributed by atoms with Crippen LogP contribution in [0.1, 0.15) is 122 Å². The molecule has 0 saturated carbocycles. The molecule has 0 bridgehead atoms. The van der Waals surface area contributed by atoms with Crippen LogP contribution in [0.5, 0.6) is 0 Å². The molecule has 0 aromatic carbocycles. The molecular weight excluding hydrogens is 326 g/mol. The maximum Gasteiger partial charge on any atom is 0.303 e. The molecule has 0 aliphatic rings. The van der Waals surface area contributed by atoms with E-state index in [9.17, 15) is 9.59 Å². The summed E-state index contributed by atoms with van der Waals surface area (Å²) < 4.78 is 0. The summed E-state index contributed by atoms with van der Waals surface area (Å²) >= 11 is 0. The zero-order valence-electron chi connectivity index (χ0n) is 17.2. The van der Waals surface area contributed by atoms with Crippen molar-refractivity contribution < 1.29 is 14.7 Å². The maximum atomic E-state index is 11.6. The van der Waals surface area contributed by atoms with E-state index >= 15 is 0 Å². The molecule has 0 heterocycles. The van der Waals surface area contributed by atoms with Crippen molar-refractivity contribution >= 4 is 11.9 Å². The molecule has 0 aromatic heterocycles. The Morgan fingerprint density at radius 1 is 0.615 bits per heavy atom. The molecule has 0 spiro atoms. The predicted octanol–water partition coefficient (Wildman–Crippen LogP) is 6.23. The molecule has 4 heteroatoms. The Labute approximate surface area is 161 Å². The highest BCUT2D eigenvalue weighted by atomic mass is 16.4. The zero-order valence-corrected chi connectivity index (χ0v) is 17.2. The van der Waals surface area contributed by atoms with Crippen LogP contribution >= 0.6 is 0 Å². The number of aliphatic carboxylic acids is 1. The van der Waals surface area contributed by atoms with Crippen LogP contribution in [0.4, 0.5) is 0 Å². The lowest BCUT2D eigenvalue weighted by molar-refractivity contribution is -0.137. The first-order valence-electron chi connectivity index (χ1n) is 11.1. The molecule has 0 saturated heterocycles. The lowest BCUT2D eigenvalue weighted by Gasteiger charge is -2.05. The van der Waals surface area contributed by atoms with E-state index in [0.717, 1.165) is 13.0 Å². The van der Waals surface area contributed by atoms with Gasteiger partial charge in [0, 0.05) is 19.4 Å². The smallest absolute Gasteiger partial charge is 0.303 e. The Hall–Kier alpha value is -1.06. The molecule has 26 heavy (non-hydrogen) atoms. The van der Waals surface area contributed by atoms with Crippen molar-refractivity contribution in [3.05, 3.63) is 0 Å². The number of hydrogen-bond acceptors (Lipinski definition) is 2. The number of nitrogens with one attached hydrogen (secondary N) is 1. The summed E-state index contributed by atoms with van der Waals surface area (Å²) in [6.07, 6.45) is 20.6. The molecule has 0 atom stereocenters. The highest BCUT2D eigenvalue weighted by Crippen LogP contribution is 2.12. The molecule has 0 unspecified atom stereocenters. The second kappa shape index (κ2) is 20.3. The van der Waals surface area contributed by atoms with Gasteiger partial charge in [-0.05, 0) is 19.3 Å². The van der Waals surface area contributed by atoms with Crippen molar-refractivity contribution in [2.24, 2.45) is 0 Å². The van der Waals surface area contributed by atoms with Crippen LogP contribution < -0.4 is 5.32 Å². The van der Waals surface area contributed by atoms with Crippen molar-refractivity contribution in [1.82, 2.24) is 5.32 Å². The second-order valence-corrected chi connectivity index (χ2v) is 7.55. The van der Waals surface area contributed by atoms with Gasteiger partial charge in [0.15, 0.2) is 0 Å². The van der Waals surface area contributed by atoms with Gasteiger partial charge < -0.3 is 10.4 Å². The number of carbonyl (C=O) groups is 2. The number of amides is 1. The molecule has 0 fully saturated rings. The fraction of sp³-hybridized carbons (Fsp3) is 0.909. The summed E-state index contributed by atoms with van der Waals surface area (Å²) in [7, 11) is 0. The van der Waals surface area contributed by atoms with Gasteiger partial charge in [-0.2, -0.15) is 0 Å². The molecule has 2 N–H and O–H groups in total. The van der Waals surface area contributed by atoms with E-state index in [1.807, 2.05) is 0 Å². The van der Waals surface area contributed by atoms with E-state index in [1.54, 1.807) is 0 Å². The van der Waals surface area contributed by atoms with Crippen LogP contribution in [-0.4, -0.2) is 23.5 Å². The van der Waals surface area contributed by atoms with Gasteiger partial charge in [-0.1, -0.05) is 90.4 Å². The topological polar surface area (TPSA) is 66.4 Å². The van der Waals surface area contributed by atoms with Crippen LogP contribution in [0.2, 0.25) is 0 Å². The van der Waals surface area contributed by atoms with Crippen molar-refractivity contribution in [2.75, 3.05) is 6.54 Å². The summed E-state index contributed by atoms with van der Waals surface area (Å²) in [6, 6.07) is 0. The van der Waals surface area contributed by atoms with Crippen molar-refractivity contribution in [1.29, 1.82) is 0 Å². The van der Waals surface area contributed by atoms with Crippen LogP contribution in [-0.2, 0) is 9.59 Å². The maximum absolute atomic E-state index is 11.6. The third-order valence-electron chi connectivity index (χ3n) is 4.90. The van der Waals surface area contributed by atoms with Crippen LogP contribution in [0.25, 0.3) is 0 Å². The fourth-order valence-corrected chi connectivity index (χ4v) is 3.20. The summed E-state index contributed by atoms with van der Waals surface area (Å²) in [4.78, 5) is 21.9. The third kappa shape index (κ3) is 21.0. The molecule has 0 aromatic rings. The number of carboxylic acid groups (broad SMARTS) is 1. The predicted molar refractivity (Wildman–Crippen MR) is 109 cm³/mol. The van der Waals surface area contributed by atoms with Crippen LogP contribution in [0.3, 0.4) is 0 Å². The normalized spacial score (nSPS) is 10.8. The molecule has 0 aliphatic heterocycles. The van der Waals surface area contributed by atoms with Crippen molar-refractivity contribution in [2.45, 2.75) is 122 Å². The Balaban J connectivity index is 3.12. The van der Waals surface area contributed by atoms with Gasteiger partial charge in [-0.3, -0.25) is 9.59 Å². The zero-order chi connectivity index (χ0) is 19.3. The van der Waals surface area contributed by atoms with Gasteiger partial charge in [0.05, 0.1) is 0 Å². The Morgan fingerprint density at radius 3 is 1.50 bits per heavy atom. The molecule has 154 valence electrons. The SMILES string of the molecule is CCCCCCCCCCCCCCCCNC(=O)CCCCC(=O)O. The first-order valence-corrected chi connectivity index (χ1v) is 11.1. The van der Waals surface area contributed by atoms with E-state index < -0.39 is 5.97 Å². The Morgan fingerprint density at radius 2 is 1.04 bits per heavy atom. The van der Waals surface area contributed by atoms with E-state index in [0.29, 0.717) is 19.3 Å². The number of carboxylic acids is 1.